The van der Waals surface area contributed by atoms with Crippen LogP contribution in [-0.2, 0) is 6.42 Å². The molecule has 0 unspecified atom stereocenters. The van der Waals surface area contributed by atoms with Crippen LogP contribution in [-0.4, -0.2) is 22.0 Å². The van der Waals surface area contributed by atoms with Gasteiger partial charge in [0.15, 0.2) is 11.4 Å². The Labute approximate surface area is 137 Å². The second-order valence-corrected chi connectivity index (χ2v) is 7.07. The van der Waals surface area contributed by atoms with E-state index in [4.69, 9.17) is 0 Å². The molecule has 112 valence electrons. The van der Waals surface area contributed by atoms with Crippen molar-refractivity contribution >= 4 is 39.2 Å². The third-order valence-corrected chi connectivity index (χ3v) is 5.41. The molecule has 2 aromatic heterocycles. The number of Topliss-reactive ketones (excluding diaryl/α,β-unsaturated/α-hetero) is 1. The van der Waals surface area contributed by atoms with Crippen molar-refractivity contribution in [3.05, 3.63) is 52.2 Å². The molecule has 0 amide bonds. The van der Waals surface area contributed by atoms with E-state index in [-0.39, 0.29) is 5.78 Å². The topological polar surface area (TPSA) is 42.9 Å². The fraction of sp³-hybridized carbons (Fsp3) is 0.235. The Bertz CT molecular complexity index is 855. The number of benzene rings is 1. The third-order valence-electron chi connectivity index (χ3n) is 3.44. The number of rotatable bonds is 4. The highest BCUT2D eigenvalue weighted by atomic mass is 32.2. The molecule has 1 aromatic carbocycles. The molecule has 0 aliphatic carbocycles. The van der Waals surface area contributed by atoms with E-state index in [1.807, 2.05) is 37.4 Å². The van der Waals surface area contributed by atoms with Crippen LogP contribution in [0.1, 0.15) is 26.6 Å². The minimum Gasteiger partial charge on any atom is -0.294 e. The third kappa shape index (κ3) is 2.91. The van der Waals surface area contributed by atoms with Crippen molar-refractivity contribution in [2.24, 2.45) is 0 Å². The Morgan fingerprint density at radius 1 is 1.23 bits per heavy atom. The van der Waals surface area contributed by atoms with Crippen molar-refractivity contribution in [3.63, 3.8) is 0 Å². The summed E-state index contributed by atoms with van der Waals surface area (Å²) < 4.78 is 1.08. The molecule has 0 fully saturated rings. The Balaban J connectivity index is 1.93. The second kappa shape index (κ2) is 6.18. The number of hydrogen-bond acceptors (Lipinski definition) is 5. The molecule has 0 spiro atoms. The van der Waals surface area contributed by atoms with Gasteiger partial charge in [-0.05, 0) is 37.8 Å². The molecule has 22 heavy (non-hydrogen) atoms. The van der Waals surface area contributed by atoms with Crippen molar-refractivity contribution in [2.75, 3.05) is 6.26 Å². The Morgan fingerprint density at radius 3 is 2.77 bits per heavy atom. The summed E-state index contributed by atoms with van der Waals surface area (Å²) in [6.07, 6.45) is 2.32. The second-order valence-electron chi connectivity index (χ2n) is 5.14. The lowest BCUT2D eigenvalue weighted by Crippen LogP contribution is -2.04. The number of ketones is 1. The van der Waals surface area contributed by atoms with Crippen LogP contribution in [0.2, 0.25) is 0 Å². The van der Waals surface area contributed by atoms with Crippen LogP contribution in [0.15, 0.2) is 35.2 Å². The quantitative estimate of drug-likeness (QED) is 0.524. The highest BCUT2D eigenvalue weighted by Crippen LogP contribution is 2.27. The molecule has 2 heterocycles. The predicted molar refractivity (Wildman–Crippen MR) is 93.1 cm³/mol. The Kier molecular flexibility index (Phi) is 4.27. The van der Waals surface area contributed by atoms with Gasteiger partial charge in [0.1, 0.15) is 5.01 Å². The summed E-state index contributed by atoms with van der Waals surface area (Å²) in [6.45, 7) is 4.02. The normalized spacial score (nSPS) is 11.0. The zero-order chi connectivity index (χ0) is 15.7. The van der Waals surface area contributed by atoms with Crippen molar-refractivity contribution < 1.29 is 4.79 Å². The summed E-state index contributed by atoms with van der Waals surface area (Å²) in [5.74, 6) is 0.110. The summed E-state index contributed by atoms with van der Waals surface area (Å²) in [7, 11) is 0. The van der Waals surface area contributed by atoms with Crippen LogP contribution in [0.4, 0.5) is 0 Å². The summed E-state index contributed by atoms with van der Waals surface area (Å²) in [4.78, 5) is 22.6. The van der Waals surface area contributed by atoms with E-state index in [0.717, 1.165) is 31.5 Å². The van der Waals surface area contributed by atoms with Crippen molar-refractivity contribution in [3.8, 4) is 0 Å². The zero-order valence-corrected chi connectivity index (χ0v) is 14.3. The van der Waals surface area contributed by atoms with Crippen molar-refractivity contribution in [1.29, 1.82) is 0 Å². The molecule has 5 heteroatoms. The summed E-state index contributed by atoms with van der Waals surface area (Å²) >= 11 is 3.16. The van der Waals surface area contributed by atoms with Gasteiger partial charge in [-0.1, -0.05) is 18.2 Å². The lowest BCUT2D eigenvalue weighted by atomic mass is 10.1. The number of carbonyl (C=O) groups excluding carboxylic acids is 1. The van der Waals surface area contributed by atoms with Gasteiger partial charge >= 0.3 is 0 Å². The maximum atomic E-state index is 12.6. The molecule has 3 aromatic rings. The molecule has 0 radical (unpaired) electrons. The van der Waals surface area contributed by atoms with Crippen molar-refractivity contribution in [1.82, 2.24) is 9.97 Å². The molecule has 0 bridgehead atoms. The number of aryl methyl sites for hydroxylation is 2. The Morgan fingerprint density at radius 2 is 2.00 bits per heavy atom. The monoisotopic (exact) mass is 328 g/mol. The molecule has 0 atom stereocenters. The number of aromatic nitrogens is 2. The van der Waals surface area contributed by atoms with Gasteiger partial charge in [0, 0.05) is 16.2 Å². The molecule has 0 saturated carbocycles. The van der Waals surface area contributed by atoms with Crippen LogP contribution in [0.25, 0.3) is 10.3 Å². The zero-order valence-electron chi connectivity index (χ0n) is 12.7. The largest absolute Gasteiger partial charge is 0.294 e. The minimum atomic E-state index is 0.110. The highest BCUT2D eigenvalue weighted by molar-refractivity contribution is 7.98. The maximum Gasteiger partial charge on any atom is 0.171 e. The van der Waals surface area contributed by atoms with Crippen LogP contribution in [0.5, 0.6) is 0 Å². The van der Waals surface area contributed by atoms with Gasteiger partial charge in [-0.2, -0.15) is 0 Å². The van der Waals surface area contributed by atoms with E-state index in [1.54, 1.807) is 23.1 Å². The molecular formula is C17H16N2OS2. The molecule has 0 N–H and O–H groups in total. The lowest BCUT2D eigenvalue weighted by Gasteiger charge is -2.04. The molecule has 3 rings (SSSR count). The van der Waals surface area contributed by atoms with Gasteiger partial charge in [-0.3, -0.25) is 4.79 Å². The van der Waals surface area contributed by atoms with E-state index in [1.165, 1.54) is 5.56 Å². The number of thiazole rings is 1. The first-order valence-corrected chi connectivity index (χ1v) is 9.02. The number of fused-ring (bicyclic) bond motifs is 1. The van der Waals surface area contributed by atoms with Crippen molar-refractivity contribution in [2.45, 2.75) is 25.2 Å². The maximum absolute atomic E-state index is 12.6. The number of nitrogens with zero attached hydrogens (tertiary/aromatic N) is 2. The minimum absolute atomic E-state index is 0.110. The van der Waals surface area contributed by atoms with Crippen LogP contribution in [0, 0.1) is 13.8 Å². The first-order valence-electron chi connectivity index (χ1n) is 6.98. The van der Waals surface area contributed by atoms with Gasteiger partial charge < -0.3 is 0 Å². The highest BCUT2D eigenvalue weighted by Gasteiger charge is 2.15. The fourth-order valence-electron chi connectivity index (χ4n) is 2.45. The predicted octanol–water partition coefficient (Wildman–Crippen LogP) is 4.46. The molecule has 0 aliphatic rings. The van der Waals surface area contributed by atoms with Gasteiger partial charge in [0.25, 0.3) is 0 Å². The van der Waals surface area contributed by atoms with Gasteiger partial charge in [-0.25, -0.2) is 9.97 Å². The molecule has 3 nitrogen and oxygen atoms in total. The standard InChI is InChI=1S/C17H16N2OS2/c1-10-8-11(2)18-17-16(10)22-15(19-17)9-13(20)12-6-4-5-7-14(12)21-3/h4-8H,9H2,1-3H3. The molecular weight excluding hydrogens is 312 g/mol. The van der Waals surface area contributed by atoms with Gasteiger partial charge in [0.05, 0.1) is 11.1 Å². The van der Waals surface area contributed by atoms with E-state index < -0.39 is 0 Å². The van der Waals surface area contributed by atoms with E-state index in [0.29, 0.717) is 6.42 Å². The summed E-state index contributed by atoms with van der Waals surface area (Å²) in [5.41, 5.74) is 3.66. The summed E-state index contributed by atoms with van der Waals surface area (Å²) in [6, 6.07) is 9.77. The van der Waals surface area contributed by atoms with E-state index >= 15 is 0 Å². The average molecular weight is 328 g/mol. The van der Waals surface area contributed by atoms with Crippen LogP contribution in [0.3, 0.4) is 0 Å². The SMILES string of the molecule is CSc1ccccc1C(=O)Cc1nc2nc(C)cc(C)c2s1. The van der Waals surface area contributed by atoms with Crippen LogP contribution < -0.4 is 0 Å². The number of pyridine rings is 1. The van der Waals surface area contributed by atoms with Gasteiger partial charge in [0.2, 0.25) is 0 Å². The lowest BCUT2D eigenvalue weighted by molar-refractivity contribution is 0.0990. The first kappa shape index (κ1) is 15.2. The molecule has 0 aliphatic heterocycles. The number of hydrogen-bond donors (Lipinski definition) is 0. The first-order chi connectivity index (χ1) is 10.6. The smallest absolute Gasteiger partial charge is 0.171 e. The summed E-state index contributed by atoms with van der Waals surface area (Å²) in [5, 5.41) is 0.831. The number of carbonyl (C=O) groups is 1. The Hall–Kier alpha value is -1.72. The number of thioether (sulfide) groups is 1. The molecule has 0 saturated heterocycles. The van der Waals surface area contributed by atoms with E-state index in [9.17, 15) is 4.79 Å². The average Bonchev–Trinajstić information content (AvgIpc) is 2.89. The van der Waals surface area contributed by atoms with Gasteiger partial charge in [-0.15, -0.1) is 23.1 Å². The fourth-order valence-corrected chi connectivity index (χ4v) is 4.04. The van der Waals surface area contributed by atoms with E-state index in [2.05, 4.69) is 23.0 Å². The van der Waals surface area contributed by atoms with Crippen LogP contribution >= 0.6 is 23.1 Å².